The largest absolute Gasteiger partial charge is 0.348 e. The fourth-order valence-electron chi connectivity index (χ4n) is 2.76. The number of hydrogen-bond donors (Lipinski definition) is 2. The molecule has 2 aromatic rings. The molecule has 1 unspecified atom stereocenters. The Morgan fingerprint density at radius 2 is 1.85 bits per heavy atom. The van der Waals surface area contributed by atoms with Crippen molar-refractivity contribution in [3.05, 3.63) is 59.2 Å². The summed E-state index contributed by atoms with van der Waals surface area (Å²) in [7, 11) is 4.07. The minimum atomic E-state index is -0.150. The molecule has 3 rings (SSSR count). The molecule has 0 bridgehead atoms. The van der Waals surface area contributed by atoms with Crippen LogP contribution in [0, 0.1) is 0 Å². The van der Waals surface area contributed by atoms with Crippen LogP contribution in [-0.2, 0) is 17.9 Å². The quantitative estimate of drug-likeness (QED) is 0.850. The number of carbonyl (C=O) groups is 2. The van der Waals surface area contributed by atoms with Crippen LogP contribution < -0.4 is 10.6 Å². The third kappa shape index (κ3) is 4.45. The Balaban J connectivity index is 1.62. The molecule has 1 atom stereocenters. The summed E-state index contributed by atoms with van der Waals surface area (Å²) in [4.78, 5) is 27.3. The van der Waals surface area contributed by atoms with Crippen LogP contribution in [0.3, 0.4) is 0 Å². The first kappa shape index (κ1) is 18.5. The molecule has 1 aliphatic heterocycles. The third-order valence-corrected chi connectivity index (χ3v) is 5.32. The van der Waals surface area contributed by atoms with Crippen LogP contribution in [0.5, 0.6) is 0 Å². The number of amides is 2. The smallest absolute Gasteiger partial charge is 0.251 e. The lowest BCUT2D eigenvalue weighted by Crippen LogP contribution is -2.27. The summed E-state index contributed by atoms with van der Waals surface area (Å²) < 4.78 is 0. The summed E-state index contributed by atoms with van der Waals surface area (Å²) in [5.41, 5.74) is 3.54. The van der Waals surface area contributed by atoms with E-state index in [1.807, 2.05) is 39.2 Å². The highest BCUT2D eigenvalue weighted by Gasteiger charge is 2.23. The van der Waals surface area contributed by atoms with Gasteiger partial charge >= 0.3 is 0 Å². The molecule has 26 heavy (non-hydrogen) atoms. The minimum Gasteiger partial charge on any atom is -0.348 e. The first-order valence-electron chi connectivity index (χ1n) is 8.54. The average Bonchev–Trinajstić information content (AvgIpc) is 2.61. The van der Waals surface area contributed by atoms with Gasteiger partial charge in [0, 0.05) is 23.5 Å². The molecule has 0 aliphatic carbocycles. The lowest BCUT2D eigenvalue weighted by molar-refractivity contribution is -0.115. The highest BCUT2D eigenvalue weighted by molar-refractivity contribution is 8.00. The zero-order valence-corrected chi connectivity index (χ0v) is 16.0. The van der Waals surface area contributed by atoms with Gasteiger partial charge in [0.15, 0.2) is 0 Å². The van der Waals surface area contributed by atoms with E-state index < -0.39 is 0 Å². The number of anilines is 1. The van der Waals surface area contributed by atoms with Crippen molar-refractivity contribution >= 4 is 29.3 Å². The van der Waals surface area contributed by atoms with Crippen LogP contribution in [0.1, 0.15) is 28.4 Å². The fraction of sp³-hybridized carbons (Fsp3) is 0.300. The molecular formula is C20H23N3O2S. The standard InChI is InChI=1S/C20H23N3O2S/c1-13-19(24)22-17-10-16(8-9-18(17)26-13)20(25)21-11-14-4-6-15(7-5-14)12-23(2)3/h4-10,13H,11-12H2,1-3H3,(H,21,25)(H,22,24). The molecule has 1 aliphatic rings. The molecule has 0 saturated heterocycles. The van der Waals surface area contributed by atoms with Crippen molar-refractivity contribution in [2.45, 2.75) is 30.2 Å². The van der Waals surface area contributed by atoms with E-state index in [1.54, 1.807) is 12.1 Å². The van der Waals surface area contributed by atoms with Crippen LogP contribution in [-0.4, -0.2) is 36.1 Å². The lowest BCUT2D eigenvalue weighted by Gasteiger charge is -2.21. The Labute approximate surface area is 158 Å². The first-order valence-corrected chi connectivity index (χ1v) is 9.42. The van der Waals surface area contributed by atoms with Crippen molar-refractivity contribution in [3.8, 4) is 0 Å². The van der Waals surface area contributed by atoms with Gasteiger partial charge in [-0.25, -0.2) is 0 Å². The molecule has 0 radical (unpaired) electrons. The van der Waals surface area contributed by atoms with Gasteiger partial charge in [0.05, 0.1) is 10.9 Å². The van der Waals surface area contributed by atoms with Crippen molar-refractivity contribution in [1.29, 1.82) is 0 Å². The molecular weight excluding hydrogens is 346 g/mol. The maximum Gasteiger partial charge on any atom is 0.251 e. The van der Waals surface area contributed by atoms with Gasteiger partial charge in [-0.1, -0.05) is 24.3 Å². The van der Waals surface area contributed by atoms with Crippen molar-refractivity contribution in [2.75, 3.05) is 19.4 Å². The maximum absolute atomic E-state index is 12.4. The van der Waals surface area contributed by atoms with Crippen molar-refractivity contribution in [3.63, 3.8) is 0 Å². The van der Waals surface area contributed by atoms with E-state index in [1.165, 1.54) is 17.3 Å². The van der Waals surface area contributed by atoms with Gasteiger partial charge in [0.2, 0.25) is 5.91 Å². The summed E-state index contributed by atoms with van der Waals surface area (Å²) in [5.74, 6) is -0.180. The summed E-state index contributed by atoms with van der Waals surface area (Å²) in [5, 5.41) is 5.68. The Bertz CT molecular complexity index is 818. The van der Waals surface area contributed by atoms with Gasteiger partial charge in [0.1, 0.15) is 0 Å². The first-order chi connectivity index (χ1) is 12.4. The van der Waals surface area contributed by atoms with Crippen LogP contribution in [0.25, 0.3) is 0 Å². The third-order valence-electron chi connectivity index (χ3n) is 4.15. The molecule has 2 N–H and O–H groups in total. The molecule has 136 valence electrons. The minimum absolute atomic E-state index is 0.0297. The Kier molecular flexibility index (Phi) is 5.64. The van der Waals surface area contributed by atoms with E-state index in [-0.39, 0.29) is 17.1 Å². The number of nitrogens with one attached hydrogen (secondary N) is 2. The predicted molar refractivity (Wildman–Crippen MR) is 105 cm³/mol. The van der Waals surface area contributed by atoms with Gasteiger partial charge in [-0.05, 0) is 50.3 Å². The Hall–Kier alpha value is -2.31. The van der Waals surface area contributed by atoms with Gasteiger partial charge in [-0.3, -0.25) is 9.59 Å². The van der Waals surface area contributed by atoms with Gasteiger partial charge in [0.25, 0.3) is 5.91 Å². The molecule has 0 spiro atoms. The Morgan fingerprint density at radius 3 is 2.54 bits per heavy atom. The second-order valence-corrected chi connectivity index (χ2v) is 8.08. The summed E-state index contributed by atoms with van der Waals surface area (Å²) in [6, 6.07) is 13.6. The predicted octanol–water partition coefficient (Wildman–Crippen LogP) is 3.11. The molecule has 6 heteroatoms. The van der Waals surface area contributed by atoms with E-state index >= 15 is 0 Å². The van der Waals surface area contributed by atoms with Gasteiger partial charge in [-0.2, -0.15) is 0 Å². The monoisotopic (exact) mass is 369 g/mol. The molecule has 5 nitrogen and oxygen atoms in total. The number of hydrogen-bond acceptors (Lipinski definition) is 4. The zero-order valence-electron chi connectivity index (χ0n) is 15.2. The van der Waals surface area contributed by atoms with Crippen molar-refractivity contribution in [2.24, 2.45) is 0 Å². The zero-order chi connectivity index (χ0) is 18.7. The number of carbonyl (C=O) groups excluding carboxylic acids is 2. The second kappa shape index (κ2) is 7.93. The fourth-order valence-corrected chi connectivity index (χ4v) is 3.69. The Morgan fingerprint density at radius 1 is 1.15 bits per heavy atom. The van der Waals surface area contributed by atoms with Crippen LogP contribution in [0.15, 0.2) is 47.4 Å². The summed E-state index contributed by atoms with van der Waals surface area (Å²) in [6.07, 6.45) is 0. The second-order valence-electron chi connectivity index (χ2n) is 6.70. The van der Waals surface area contributed by atoms with Gasteiger partial charge in [-0.15, -0.1) is 11.8 Å². The number of fused-ring (bicyclic) bond motifs is 1. The van der Waals surface area contributed by atoms with Crippen molar-refractivity contribution in [1.82, 2.24) is 10.2 Å². The lowest BCUT2D eigenvalue weighted by atomic mass is 10.1. The highest BCUT2D eigenvalue weighted by Crippen LogP contribution is 2.35. The SMILES string of the molecule is CC1Sc2ccc(C(=O)NCc3ccc(CN(C)C)cc3)cc2NC1=O. The average molecular weight is 369 g/mol. The van der Waals surface area contributed by atoms with E-state index in [0.29, 0.717) is 17.8 Å². The number of thioether (sulfide) groups is 1. The van der Waals surface area contributed by atoms with Crippen LogP contribution in [0.2, 0.25) is 0 Å². The summed E-state index contributed by atoms with van der Waals surface area (Å²) >= 11 is 1.51. The highest BCUT2D eigenvalue weighted by atomic mass is 32.2. The molecule has 2 aromatic carbocycles. The molecule has 2 amide bonds. The summed E-state index contributed by atoms with van der Waals surface area (Å²) in [6.45, 7) is 3.23. The van der Waals surface area contributed by atoms with Crippen LogP contribution >= 0.6 is 11.8 Å². The van der Waals surface area contributed by atoms with E-state index in [0.717, 1.165) is 17.0 Å². The van der Waals surface area contributed by atoms with Gasteiger partial charge < -0.3 is 15.5 Å². The number of rotatable bonds is 5. The van der Waals surface area contributed by atoms with Crippen molar-refractivity contribution < 1.29 is 9.59 Å². The van der Waals surface area contributed by atoms with E-state index in [2.05, 4.69) is 27.7 Å². The van der Waals surface area contributed by atoms with E-state index in [9.17, 15) is 9.59 Å². The topological polar surface area (TPSA) is 61.4 Å². The molecule has 0 saturated carbocycles. The molecule has 1 heterocycles. The number of nitrogens with zero attached hydrogens (tertiary/aromatic N) is 1. The van der Waals surface area contributed by atoms with E-state index in [4.69, 9.17) is 0 Å². The molecule has 0 aromatic heterocycles. The van der Waals surface area contributed by atoms with Crippen LogP contribution in [0.4, 0.5) is 5.69 Å². The molecule has 0 fully saturated rings. The normalized spacial score (nSPS) is 16.2. The maximum atomic E-state index is 12.4. The number of benzene rings is 2.